The van der Waals surface area contributed by atoms with Crippen molar-refractivity contribution in [2.75, 3.05) is 26.3 Å². The van der Waals surface area contributed by atoms with Crippen LogP contribution in [0.5, 0.6) is 0 Å². The fraction of sp³-hybridized carbons (Fsp3) is 0.543. The molecule has 4 rings (SSSR count). The van der Waals surface area contributed by atoms with Crippen LogP contribution in [0, 0.1) is 11.8 Å². The molecule has 2 N–H and O–H groups in total. The number of hydrogen-bond acceptors (Lipinski definition) is 7. The number of azo groups is 2. The number of benzene rings is 2. The topological polar surface area (TPSA) is 145 Å². The number of halogens is 1. The average Bonchev–Trinajstić information content (AvgIpc) is 3.06. The molecule has 2 fully saturated rings. The Balaban J connectivity index is 1.43. The van der Waals surface area contributed by atoms with E-state index in [1.807, 2.05) is 48.5 Å². The van der Waals surface area contributed by atoms with E-state index in [1.165, 1.54) is 13.8 Å². The highest BCUT2D eigenvalue weighted by molar-refractivity contribution is 9.10. The zero-order valence-electron chi connectivity index (χ0n) is 27.4. The Hall–Kier alpha value is -3.64. The van der Waals surface area contributed by atoms with Crippen molar-refractivity contribution in [1.29, 1.82) is 0 Å². The second kappa shape index (κ2) is 18.6. The quantitative estimate of drug-likeness (QED) is 0.241. The van der Waals surface area contributed by atoms with Crippen LogP contribution in [0.4, 0.5) is 0 Å². The lowest BCUT2D eigenvalue weighted by molar-refractivity contribution is -0.131. The van der Waals surface area contributed by atoms with Crippen LogP contribution in [0.2, 0.25) is 0 Å². The van der Waals surface area contributed by atoms with Gasteiger partial charge < -0.3 is 10.6 Å². The molecule has 2 aromatic carbocycles. The molecule has 1 saturated heterocycles. The zero-order valence-corrected chi connectivity index (χ0v) is 29.0. The first-order valence-corrected chi connectivity index (χ1v) is 17.4. The minimum absolute atomic E-state index is 0.0906. The summed E-state index contributed by atoms with van der Waals surface area (Å²) < 4.78 is 0.883. The number of rotatable bonds is 13. The maximum Gasteiger partial charge on any atom is 0.261 e. The van der Waals surface area contributed by atoms with Crippen molar-refractivity contribution in [2.24, 2.45) is 32.3 Å². The molecule has 0 aromatic heterocycles. The van der Waals surface area contributed by atoms with Gasteiger partial charge in [0.2, 0.25) is 11.8 Å². The predicted molar refractivity (Wildman–Crippen MR) is 182 cm³/mol. The van der Waals surface area contributed by atoms with Gasteiger partial charge in [-0.05, 0) is 72.8 Å². The van der Waals surface area contributed by atoms with Crippen LogP contribution in [0.15, 0.2) is 73.5 Å². The number of piperidine rings is 1. The Labute approximate surface area is 285 Å². The largest absolute Gasteiger partial charge is 0.354 e. The molecule has 1 aliphatic carbocycles. The molecule has 12 heteroatoms. The molecule has 47 heavy (non-hydrogen) atoms. The van der Waals surface area contributed by atoms with Gasteiger partial charge in [-0.2, -0.15) is 10.2 Å². The smallest absolute Gasteiger partial charge is 0.261 e. The van der Waals surface area contributed by atoms with Gasteiger partial charge in [0.1, 0.15) is 12.7 Å². The molecule has 1 heterocycles. The third kappa shape index (κ3) is 12.2. The highest BCUT2D eigenvalue weighted by atomic mass is 79.9. The number of nitrogens with zero attached hydrogens (tertiary/aromatic N) is 5. The fourth-order valence-corrected chi connectivity index (χ4v) is 6.76. The Morgan fingerprint density at radius 1 is 0.851 bits per heavy atom. The molecule has 1 unspecified atom stereocenters. The summed E-state index contributed by atoms with van der Waals surface area (Å²) in [7, 11) is 0. The fourth-order valence-electron chi connectivity index (χ4n) is 6.34. The molecule has 0 spiro atoms. The van der Waals surface area contributed by atoms with E-state index in [2.05, 4.69) is 51.9 Å². The summed E-state index contributed by atoms with van der Waals surface area (Å²) in [5, 5.41) is 21.5. The maximum absolute atomic E-state index is 14.2. The van der Waals surface area contributed by atoms with Gasteiger partial charge in [-0.3, -0.25) is 24.1 Å². The minimum atomic E-state index is -0.599. The van der Waals surface area contributed by atoms with Crippen molar-refractivity contribution < 1.29 is 19.2 Å². The van der Waals surface area contributed by atoms with Gasteiger partial charge in [-0.1, -0.05) is 71.6 Å². The minimum Gasteiger partial charge on any atom is -0.354 e. The lowest BCUT2D eigenvalue weighted by Gasteiger charge is -2.33. The van der Waals surface area contributed by atoms with Gasteiger partial charge in [0.05, 0.1) is 12.5 Å². The summed E-state index contributed by atoms with van der Waals surface area (Å²) in [6.07, 6.45) is 7.37. The van der Waals surface area contributed by atoms with Gasteiger partial charge in [0, 0.05) is 38.0 Å². The molecule has 2 atom stereocenters. The van der Waals surface area contributed by atoms with Gasteiger partial charge in [0.15, 0.2) is 0 Å². The third-order valence-electron chi connectivity index (χ3n) is 8.94. The molecule has 1 saturated carbocycles. The molecule has 0 radical (unpaired) electrons. The van der Waals surface area contributed by atoms with Crippen LogP contribution in [-0.4, -0.2) is 60.9 Å². The summed E-state index contributed by atoms with van der Waals surface area (Å²) in [5.74, 6) is -0.986. The highest BCUT2D eigenvalue weighted by Gasteiger charge is 2.34. The van der Waals surface area contributed by atoms with E-state index in [0.717, 1.165) is 79.2 Å². The van der Waals surface area contributed by atoms with Crippen LogP contribution in [0.1, 0.15) is 81.4 Å². The van der Waals surface area contributed by atoms with Crippen LogP contribution < -0.4 is 10.6 Å². The number of likely N-dealkylation sites (tertiary alicyclic amines) is 1. The van der Waals surface area contributed by atoms with Gasteiger partial charge in [-0.15, -0.1) is 10.2 Å². The van der Waals surface area contributed by atoms with Gasteiger partial charge in [-0.25, -0.2) is 0 Å². The first kappa shape index (κ1) is 36.2. The van der Waals surface area contributed by atoms with Crippen LogP contribution >= 0.6 is 15.9 Å². The molecule has 2 aromatic rings. The van der Waals surface area contributed by atoms with E-state index >= 15 is 0 Å². The van der Waals surface area contributed by atoms with Crippen molar-refractivity contribution in [1.82, 2.24) is 15.5 Å². The first-order chi connectivity index (χ1) is 22.7. The number of amides is 4. The normalized spacial score (nSPS) is 17.9. The van der Waals surface area contributed by atoms with Crippen molar-refractivity contribution in [2.45, 2.75) is 83.7 Å². The van der Waals surface area contributed by atoms with E-state index in [4.69, 9.17) is 0 Å². The van der Waals surface area contributed by atoms with E-state index in [0.29, 0.717) is 32.1 Å². The molecular formula is C35H46BrN7O4. The SMILES string of the molecule is CC(=O)N=NCc1ccc(CC(C(=O)N[C@H](C(=O)NCC2CCN(CN=NC(C)=O)CC2)C2CCCCC2)c2cccc(Br)c2)cc1. The van der Waals surface area contributed by atoms with Crippen LogP contribution in [-0.2, 0) is 32.1 Å². The average molecular weight is 709 g/mol. The Morgan fingerprint density at radius 2 is 1.51 bits per heavy atom. The number of carbonyl (C=O) groups is 4. The Kier molecular flexibility index (Phi) is 14.4. The third-order valence-corrected chi connectivity index (χ3v) is 9.44. The van der Waals surface area contributed by atoms with E-state index in [-0.39, 0.29) is 29.5 Å². The lowest BCUT2D eigenvalue weighted by atomic mass is 9.82. The first-order valence-electron chi connectivity index (χ1n) is 16.6. The van der Waals surface area contributed by atoms with Gasteiger partial charge in [0.25, 0.3) is 11.8 Å². The second-order valence-electron chi connectivity index (χ2n) is 12.6. The highest BCUT2D eigenvalue weighted by Crippen LogP contribution is 2.29. The second-order valence-corrected chi connectivity index (χ2v) is 13.6. The molecule has 2 aliphatic rings. The Morgan fingerprint density at radius 3 is 2.17 bits per heavy atom. The summed E-state index contributed by atoms with van der Waals surface area (Å²) >= 11 is 3.56. The number of nitrogens with one attached hydrogen (secondary N) is 2. The molecule has 0 bridgehead atoms. The molecule has 252 valence electrons. The predicted octanol–water partition coefficient (Wildman–Crippen LogP) is 6.12. The summed E-state index contributed by atoms with van der Waals surface area (Å²) in [5.41, 5.74) is 2.76. The molecule has 1 aliphatic heterocycles. The van der Waals surface area contributed by atoms with Crippen molar-refractivity contribution in [3.8, 4) is 0 Å². The molecule has 11 nitrogen and oxygen atoms in total. The molecular weight excluding hydrogens is 662 g/mol. The summed E-state index contributed by atoms with van der Waals surface area (Å²) in [4.78, 5) is 52.2. The molecule has 4 amide bonds. The van der Waals surface area contributed by atoms with Gasteiger partial charge >= 0.3 is 0 Å². The zero-order chi connectivity index (χ0) is 33.6. The summed E-state index contributed by atoms with van der Waals surface area (Å²) in [6.45, 7) is 5.69. The van der Waals surface area contributed by atoms with E-state index in [1.54, 1.807) is 0 Å². The number of carbonyl (C=O) groups excluding carboxylic acids is 4. The van der Waals surface area contributed by atoms with E-state index in [9.17, 15) is 19.2 Å². The van der Waals surface area contributed by atoms with Crippen LogP contribution in [0.3, 0.4) is 0 Å². The van der Waals surface area contributed by atoms with Crippen molar-refractivity contribution in [3.05, 3.63) is 69.7 Å². The number of hydrogen-bond donors (Lipinski definition) is 2. The van der Waals surface area contributed by atoms with Crippen molar-refractivity contribution in [3.63, 3.8) is 0 Å². The summed E-state index contributed by atoms with van der Waals surface area (Å²) in [6, 6.07) is 15.0. The monoisotopic (exact) mass is 707 g/mol. The Bertz CT molecular complexity index is 1420. The van der Waals surface area contributed by atoms with Crippen molar-refractivity contribution >= 4 is 39.6 Å². The van der Waals surface area contributed by atoms with Crippen LogP contribution in [0.25, 0.3) is 0 Å². The maximum atomic E-state index is 14.2. The van der Waals surface area contributed by atoms with E-state index < -0.39 is 12.0 Å². The standard InChI is InChI=1S/C35H46BrN7O4/c1-24(44)41-38-22-27-13-11-26(12-14-27)19-32(30-9-6-10-31(36)20-30)34(46)40-33(29-7-4-3-5-8-29)35(47)37-21-28-15-17-43(18-16-28)23-39-42-25(2)45/h6,9-14,20,28-29,32-33H,3-5,7-8,15-19,21-23H2,1-2H3,(H,37,47)(H,40,46)/t32?,33-/m0/s1. The lowest BCUT2D eigenvalue weighted by Crippen LogP contribution is -2.53.